The van der Waals surface area contributed by atoms with E-state index in [1.165, 1.54) is 29.2 Å². The summed E-state index contributed by atoms with van der Waals surface area (Å²) in [5, 5.41) is 17.0. The minimum absolute atomic E-state index is 0.151. The lowest BCUT2D eigenvalue weighted by Gasteiger charge is -2.40. The second-order valence-corrected chi connectivity index (χ2v) is 11.8. The van der Waals surface area contributed by atoms with Crippen molar-refractivity contribution < 1.29 is 42.0 Å². The van der Waals surface area contributed by atoms with Crippen LogP contribution in [0.1, 0.15) is 50.2 Å². The number of hydrogen-bond donors (Lipinski definition) is 2. The Labute approximate surface area is 282 Å². The Bertz CT molecular complexity index is 1540. The van der Waals surface area contributed by atoms with Crippen molar-refractivity contribution in [3.63, 3.8) is 0 Å². The molecule has 12 nitrogen and oxygen atoms in total. The van der Waals surface area contributed by atoms with Gasteiger partial charge in [0.05, 0.1) is 46.6 Å². The molecule has 4 rings (SSSR count). The zero-order valence-electron chi connectivity index (χ0n) is 27.3. The summed E-state index contributed by atoms with van der Waals surface area (Å²) in [7, 11) is 0. The average Bonchev–Trinajstić information content (AvgIpc) is 3.08. The van der Waals surface area contributed by atoms with Crippen molar-refractivity contribution >= 4 is 24.5 Å². The Balaban J connectivity index is 1.57. The van der Waals surface area contributed by atoms with Gasteiger partial charge in [0.2, 0.25) is 12.8 Å². The second-order valence-electron chi connectivity index (χ2n) is 11.8. The van der Waals surface area contributed by atoms with Crippen LogP contribution >= 0.6 is 0 Å². The molecular formula is C34H40F3N5O7. The van der Waals surface area contributed by atoms with Gasteiger partial charge in [0.25, 0.3) is 5.69 Å². The molecule has 15 heteroatoms. The molecule has 2 amide bonds. The molecule has 49 heavy (non-hydrogen) atoms. The maximum Gasteiger partial charge on any atom is 0.411 e. The molecule has 2 heterocycles. The number of hydrogen-bond acceptors (Lipinski definition) is 9. The molecule has 1 atom stereocenters. The van der Waals surface area contributed by atoms with Crippen molar-refractivity contribution in [2.24, 2.45) is 0 Å². The smallest absolute Gasteiger partial charge is 0.411 e. The standard InChI is InChI=1S/C34H40F3N5O7/c1-3-49-32(45)33(26-8-5-4-6-9-26)14-18-40(19-15-33)16-7-17-41(23-44)31-28(20-48-21-34(35,36)37)39-24(2)30(38-22-43)29(31)25-10-12-27(13-11-25)42(46)47/h4-6,8-13,22-23,29,39H,3,7,14-21H2,1-2H3,(H,38,43). The molecule has 2 aromatic rings. The van der Waals surface area contributed by atoms with E-state index in [1.807, 2.05) is 30.3 Å². The van der Waals surface area contributed by atoms with E-state index < -0.39 is 35.6 Å². The molecule has 0 radical (unpaired) electrons. The number of benzene rings is 2. The number of allylic oxidation sites excluding steroid dienone is 1. The number of nitrogens with one attached hydrogen (secondary N) is 2. The molecule has 0 bridgehead atoms. The van der Waals surface area contributed by atoms with Gasteiger partial charge in [0.1, 0.15) is 6.61 Å². The maximum absolute atomic E-state index is 13.2. The summed E-state index contributed by atoms with van der Waals surface area (Å²) < 4.78 is 49.5. The number of piperidine rings is 1. The van der Waals surface area contributed by atoms with Crippen LogP contribution in [-0.4, -0.2) is 85.7 Å². The van der Waals surface area contributed by atoms with Gasteiger partial charge in [-0.05, 0) is 63.9 Å². The monoisotopic (exact) mass is 687 g/mol. The third-order valence-electron chi connectivity index (χ3n) is 8.79. The highest BCUT2D eigenvalue weighted by Crippen LogP contribution is 2.40. The molecular weight excluding hydrogens is 647 g/mol. The highest BCUT2D eigenvalue weighted by atomic mass is 19.4. The predicted octanol–water partition coefficient (Wildman–Crippen LogP) is 4.50. The molecule has 0 saturated carbocycles. The fourth-order valence-electron chi connectivity index (χ4n) is 6.46. The van der Waals surface area contributed by atoms with Crippen LogP contribution in [0.2, 0.25) is 0 Å². The van der Waals surface area contributed by atoms with Crippen molar-refractivity contribution in [1.29, 1.82) is 0 Å². The molecule has 2 aliphatic rings. The minimum Gasteiger partial charge on any atom is -0.465 e. The molecule has 2 N–H and O–H groups in total. The molecule has 2 aliphatic heterocycles. The summed E-state index contributed by atoms with van der Waals surface area (Å²) in [6, 6.07) is 15.0. The lowest BCUT2D eigenvalue weighted by atomic mass is 9.72. The van der Waals surface area contributed by atoms with E-state index in [1.54, 1.807) is 13.8 Å². The third kappa shape index (κ3) is 9.03. The van der Waals surface area contributed by atoms with Gasteiger partial charge in [0, 0.05) is 24.4 Å². The number of halogens is 3. The number of ether oxygens (including phenoxy) is 2. The molecule has 0 aromatic heterocycles. The van der Waals surface area contributed by atoms with Gasteiger partial charge >= 0.3 is 12.1 Å². The van der Waals surface area contributed by atoms with E-state index in [0.717, 1.165) is 5.56 Å². The van der Waals surface area contributed by atoms with Gasteiger partial charge in [-0.2, -0.15) is 13.2 Å². The van der Waals surface area contributed by atoms with Crippen molar-refractivity contribution in [2.45, 2.75) is 50.6 Å². The van der Waals surface area contributed by atoms with E-state index >= 15 is 0 Å². The van der Waals surface area contributed by atoms with Crippen LogP contribution in [0.15, 0.2) is 77.4 Å². The van der Waals surface area contributed by atoms with Gasteiger partial charge in [0.15, 0.2) is 0 Å². The van der Waals surface area contributed by atoms with E-state index in [-0.39, 0.29) is 36.2 Å². The van der Waals surface area contributed by atoms with E-state index in [0.29, 0.717) is 68.7 Å². The van der Waals surface area contributed by atoms with Crippen molar-refractivity contribution in [1.82, 2.24) is 20.4 Å². The number of nitro groups is 1. The first kappa shape index (κ1) is 37.1. The van der Waals surface area contributed by atoms with Crippen LogP contribution in [0.5, 0.6) is 0 Å². The number of nitro benzene ring substituents is 1. The van der Waals surface area contributed by atoms with Crippen LogP contribution < -0.4 is 10.6 Å². The summed E-state index contributed by atoms with van der Waals surface area (Å²) in [5.41, 5.74) is 1.53. The van der Waals surface area contributed by atoms with Crippen LogP contribution in [0.25, 0.3) is 0 Å². The minimum atomic E-state index is -4.59. The van der Waals surface area contributed by atoms with E-state index in [4.69, 9.17) is 9.47 Å². The number of likely N-dealkylation sites (tertiary alicyclic amines) is 1. The fourth-order valence-corrected chi connectivity index (χ4v) is 6.46. The lowest BCUT2D eigenvalue weighted by Crippen LogP contribution is -2.48. The van der Waals surface area contributed by atoms with Crippen LogP contribution in [0, 0.1) is 10.1 Å². The summed E-state index contributed by atoms with van der Waals surface area (Å²) >= 11 is 0. The Morgan fingerprint density at radius 3 is 2.39 bits per heavy atom. The summed E-state index contributed by atoms with van der Waals surface area (Å²) in [4.78, 5) is 51.8. The van der Waals surface area contributed by atoms with Gasteiger partial charge in [-0.25, -0.2) is 0 Å². The number of alkyl halides is 3. The third-order valence-corrected chi connectivity index (χ3v) is 8.79. The van der Waals surface area contributed by atoms with Crippen LogP contribution in [0.3, 0.4) is 0 Å². The SMILES string of the molecule is CCOC(=O)C1(c2ccccc2)CCN(CCCN(C=O)C2=C(COCC(F)(F)F)NC(C)=C(NC=O)C2c2ccc([N+](=O)[O-])cc2)CC1. The number of carbonyl (C=O) groups is 3. The second kappa shape index (κ2) is 16.6. The Kier molecular flexibility index (Phi) is 12.5. The number of esters is 1. The van der Waals surface area contributed by atoms with Crippen molar-refractivity contribution in [3.05, 3.63) is 98.6 Å². The molecule has 1 fully saturated rings. The first-order valence-electron chi connectivity index (χ1n) is 15.9. The predicted molar refractivity (Wildman–Crippen MR) is 173 cm³/mol. The molecule has 1 saturated heterocycles. The largest absolute Gasteiger partial charge is 0.465 e. The molecule has 0 aliphatic carbocycles. The van der Waals surface area contributed by atoms with Gasteiger partial charge in [-0.3, -0.25) is 24.5 Å². The van der Waals surface area contributed by atoms with Gasteiger partial charge < -0.3 is 29.9 Å². The zero-order chi connectivity index (χ0) is 35.6. The number of rotatable bonds is 16. The van der Waals surface area contributed by atoms with Gasteiger partial charge in [-0.15, -0.1) is 0 Å². The topological polar surface area (TPSA) is 143 Å². The highest BCUT2D eigenvalue weighted by molar-refractivity contribution is 5.83. The maximum atomic E-state index is 13.2. The number of carbonyl (C=O) groups excluding carboxylic acids is 3. The summed E-state index contributed by atoms with van der Waals surface area (Å²) in [6.07, 6.45) is -2.05. The molecule has 0 spiro atoms. The quantitative estimate of drug-likeness (QED) is 0.113. The zero-order valence-corrected chi connectivity index (χ0v) is 27.3. The molecule has 2 aromatic carbocycles. The molecule has 1 unspecified atom stereocenters. The van der Waals surface area contributed by atoms with Crippen LogP contribution in [-0.2, 0) is 29.3 Å². The van der Waals surface area contributed by atoms with Gasteiger partial charge in [-0.1, -0.05) is 42.5 Å². The fraction of sp³-hybridized carbons (Fsp3) is 0.441. The Hall–Kier alpha value is -4.76. The number of nitrogens with zero attached hydrogens (tertiary/aromatic N) is 3. The first-order valence-corrected chi connectivity index (χ1v) is 15.9. The number of amides is 2. The van der Waals surface area contributed by atoms with Crippen molar-refractivity contribution in [2.75, 3.05) is 46.0 Å². The Morgan fingerprint density at radius 2 is 1.82 bits per heavy atom. The van der Waals surface area contributed by atoms with Crippen molar-refractivity contribution in [3.8, 4) is 0 Å². The molecule has 264 valence electrons. The summed E-state index contributed by atoms with van der Waals surface area (Å²) in [5.74, 6) is -1.14. The number of non-ortho nitro benzene ring substituents is 1. The lowest BCUT2D eigenvalue weighted by molar-refractivity contribution is -0.384. The normalized spacial score (nSPS) is 18.0. The summed E-state index contributed by atoms with van der Waals surface area (Å²) in [6.45, 7) is 3.49. The van der Waals surface area contributed by atoms with E-state index in [2.05, 4.69) is 15.5 Å². The Morgan fingerprint density at radius 1 is 1.14 bits per heavy atom. The highest BCUT2D eigenvalue weighted by Gasteiger charge is 2.44. The van der Waals surface area contributed by atoms with E-state index in [9.17, 15) is 37.7 Å². The first-order chi connectivity index (χ1) is 23.4. The van der Waals surface area contributed by atoms with Crippen LogP contribution in [0.4, 0.5) is 18.9 Å². The number of dihydropyridines is 1. The average molecular weight is 688 g/mol.